The van der Waals surface area contributed by atoms with Gasteiger partial charge in [-0.3, -0.25) is 24.3 Å². The molecule has 2 heterocycles. The third-order valence-electron chi connectivity index (χ3n) is 3.37. The second kappa shape index (κ2) is 5.40. The summed E-state index contributed by atoms with van der Waals surface area (Å²) in [5.74, 6) is -1.33. The van der Waals surface area contributed by atoms with Gasteiger partial charge in [-0.2, -0.15) is 0 Å². The van der Waals surface area contributed by atoms with Crippen LogP contribution in [0.25, 0.3) is 0 Å². The molecule has 3 rings (SSSR count). The number of imide groups is 1. The van der Waals surface area contributed by atoms with Gasteiger partial charge in [0.05, 0.1) is 23.0 Å². The van der Waals surface area contributed by atoms with Gasteiger partial charge >= 0.3 is 0 Å². The van der Waals surface area contributed by atoms with Crippen LogP contribution in [-0.4, -0.2) is 34.2 Å². The van der Waals surface area contributed by atoms with Crippen molar-refractivity contribution in [3.63, 3.8) is 0 Å². The van der Waals surface area contributed by atoms with Gasteiger partial charge in [0.1, 0.15) is 6.54 Å². The average Bonchev–Trinajstić information content (AvgIpc) is 2.73. The van der Waals surface area contributed by atoms with Crippen LogP contribution in [0, 0.1) is 6.92 Å². The van der Waals surface area contributed by atoms with E-state index >= 15 is 0 Å². The summed E-state index contributed by atoms with van der Waals surface area (Å²) >= 11 is 0. The van der Waals surface area contributed by atoms with E-state index in [0.29, 0.717) is 16.8 Å². The molecule has 1 aromatic carbocycles. The first kappa shape index (κ1) is 13.9. The van der Waals surface area contributed by atoms with Crippen molar-refractivity contribution in [3.8, 4) is 0 Å². The number of benzene rings is 1. The van der Waals surface area contributed by atoms with Crippen molar-refractivity contribution < 1.29 is 14.4 Å². The summed E-state index contributed by atoms with van der Waals surface area (Å²) in [5.41, 5.74) is 2.09. The number of rotatable bonds is 3. The number of nitrogens with one attached hydrogen (secondary N) is 1. The minimum Gasteiger partial charge on any atom is -0.323 e. The first-order valence-corrected chi connectivity index (χ1v) is 6.73. The molecule has 0 spiro atoms. The van der Waals surface area contributed by atoms with Gasteiger partial charge in [0.25, 0.3) is 11.8 Å². The molecule has 0 fully saturated rings. The lowest BCUT2D eigenvalue weighted by Crippen LogP contribution is -2.37. The average molecular weight is 295 g/mol. The Balaban J connectivity index is 1.75. The molecule has 2 aromatic rings. The van der Waals surface area contributed by atoms with Gasteiger partial charge in [-0.15, -0.1) is 0 Å². The molecule has 0 unspecified atom stereocenters. The molecule has 0 radical (unpaired) electrons. The standard InChI is InChI=1S/C16H13N3O3/c1-10-4-5-12-13(7-10)16(22)19(15(12)21)9-14(20)18-11-3-2-6-17-8-11/h2-8H,9H2,1H3,(H,18,20). The number of fused-ring (bicyclic) bond motifs is 1. The zero-order valence-corrected chi connectivity index (χ0v) is 11.9. The van der Waals surface area contributed by atoms with Crippen LogP contribution in [0.1, 0.15) is 26.3 Å². The summed E-state index contributed by atoms with van der Waals surface area (Å²) < 4.78 is 0. The molecule has 0 atom stereocenters. The third-order valence-corrected chi connectivity index (χ3v) is 3.37. The largest absolute Gasteiger partial charge is 0.323 e. The highest BCUT2D eigenvalue weighted by molar-refractivity contribution is 6.22. The second-order valence-corrected chi connectivity index (χ2v) is 5.04. The highest BCUT2D eigenvalue weighted by Crippen LogP contribution is 2.23. The van der Waals surface area contributed by atoms with E-state index in [1.165, 1.54) is 6.20 Å². The number of anilines is 1. The summed E-state index contributed by atoms with van der Waals surface area (Å²) in [7, 11) is 0. The van der Waals surface area contributed by atoms with E-state index in [9.17, 15) is 14.4 Å². The maximum atomic E-state index is 12.3. The lowest BCUT2D eigenvalue weighted by molar-refractivity contribution is -0.116. The normalized spacial score (nSPS) is 13.2. The fourth-order valence-corrected chi connectivity index (χ4v) is 2.33. The van der Waals surface area contributed by atoms with Crippen LogP contribution >= 0.6 is 0 Å². The summed E-state index contributed by atoms with van der Waals surface area (Å²) in [6.45, 7) is 1.52. The summed E-state index contributed by atoms with van der Waals surface area (Å²) in [4.78, 5) is 41.3. The predicted molar refractivity (Wildman–Crippen MR) is 79.4 cm³/mol. The Labute approximate surface area is 126 Å². The van der Waals surface area contributed by atoms with E-state index in [1.807, 2.05) is 6.92 Å². The second-order valence-electron chi connectivity index (χ2n) is 5.04. The Morgan fingerprint density at radius 3 is 2.68 bits per heavy atom. The van der Waals surface area contributed by atoms with Crippen molar-refractivity contribution in [2.45, 2.75) is 6.92 Å². The Bertz CT molecular complexity index is 771. The third kappa shape index (κ3) is 2.46. The van der Waals surface area contributed by atoms with Crippen molar-refractivity contribution in [1.82, 2.24) is 9.88 Å². The number of pyridine rings is 1. The molecular weight excluding hydrogens is 282 g/mol. The molecule has 22 heavy (non-hydrogen) atoms. The lowest BCUT2D eigenvalue weighted by Gasteiger charge is -2.13. The number of hydrogen-bond donors (Lipinski definition) is 1. The SMILES string of the molecule is Cc1ccc2c(c1)C(=O)N(CC(=O)Nc1cccnc1)C2=O. The smallest absolute Gasteiger partial charge is 0.262 e. The predicted octanol–water partition coefficient (Wildman–Crippen LogP) is 1.62. The molecule has 6 heteroatoms. The maximum Gasteiger partial charge on any atom is 0.262 e. The molecule has 0 saturated heterocycles. The van der Waals surface area contributed by atoms with E-state index < -0.39 is 17.7 Å². The van der Waals surface area contributed by atoms with Crippen molar-refractivity contribution in [2.75, 3.05) is 11.9 Å². The van der Waals surface area contributed by atoms with Crippen molar-refractivity contribution in [3.05, 3.63) is 59.4 Å². The Hall–Kier alpha value is -3.02. The van der Waals surface area contributed by atoms with Crippen LogP contribution in [-0.2, 0) is 4.79 Å². The molecule has 0 bridgehead atoms. The monoisotopic (exact) mass is 295 g/mol. The fourth-order valence-electron chi connectivity index (χ4n) is 2.33. The van der Waals surface area contributed by atoms with Crippen LogP contribution in [0.3, 0.4) is 0 Å². The summed E-state index contributed by atoms with van der Waals surface area (Å²) in [6.07, 6.45) is 3.08. The molecule has 6 nitrogen and oxygen atoms in total. The number of carbonyl (C=O) groups excluding carboxylic acids is 3. The number of aryl methyl sites for hydroxylation is 1. The van der Waals surface area contributed by atoms with E-state index in [2.05, 4.69) is 10.3 Å². The maximum absolute atomic E-state index is 12.3. The van der Waals surface area contributed by atoms with Crippen LogP contribution in [0.2, 0.25) is 0 Å². The molecule has 1 aliphatic rings. The number of hydrogen-bond acceptors (Lipinski definition) is 4. The highest BCUT2D eigenvalue weighted by Gasteiger charge is 2.36. The van der Waals surface area contributed by atoms with Crippen molar-refractivity contribution in [1.29, 1.82) is 0 Å². The van der Waals surface area contributed by atoms with E-state index in [1.54, 1.807) is 36.5 Å². The van der Waals surface area contributed by atoms with Gasteiger partial charge < -0.3 is 5.32 Å². The van der Waals surface area contributed by atoms with Crippen LogP contribution in [0.4, 0.5) is 5.69 Å². The van der Waals surface area contributed by atoms with Gasteiger partial charge in [-0.1, -0.05) is 11.6 Å². The van der Waals surface area contributed by atoms with E-state index in [-0.39, 0.29) is 6.54 Å². The van der Waals surface area contributed by atoms with Gasteiger partial charge in [-0.05, 0) is 31.2 Å². The van der Waals surface area contributed by atoms with Gasteiger partial charge in [0.2, 0.25) is 5.91 Å². The Kier molecular flexibility index (Phi) is 3.42. The number of aromatic nitrogens is 1. The van der Waals surface area contributed by atoms with Gasteiger partial charge in [0, 0.05) is 6.20 Å². The van der Waals surface area contributed by atoms with Crippen LogP contribution in [0.15, 0.2) is 42.7 Å². The minimum absolute atomic E-state index is 0.319. The van der Waals surface area contributed by atoms with Crippen LogP contribution < -0.4 is 5.32 Å². The van der Waals surface area contributed by atoms with Gasteiger partial charge in [0.15, 0.2) is 0 Å². The topological polar surface area (TPSA) is 79.4 Å². The molecule has 1 aliphatic heterocycles. The number of nitrogens with zero attached hydrogens (tertiary/aromatic N) is 2. The van der Waals surface area contributed by atoms with Crippen LogP contribution in [0.5, 0.6) is 0 Å². The summed E-state index contributed by atoms with van der Waals surface area (Å²) in [5, 5.41) is 2.60. The zero-order valence-electron chi connectivity index (χ0n) is 11.9. The van der Waals surface area contributed by atoms with Crippen molar-refractivity contribution in [2.24, 2.45) is 0 Å². The number of amides is 3. The molecule has 3 amide bonds. The zero-order chi connectivity index (χ0) is 15.7. The molecule has 110 valence electrons. The quantitative estimate of drug-likeness (QED) is 0.873. The molecular formula is C16H13N3O3. The first-order valence-electron chi connectivity index (χ1n) is 6.73. The summed E-state index contributed by atoms with van der Waals surface area (Å²) in [6, 6.07) is 8.40. The lowest BCUT2D eigenvalue weighted by atomic mass is 10.1. The molecule has 1 aromatic heterocycles. The van der Waals surface area contributed by atoms with E-state index in [4.69, 9.17) is 0 Å². The first-order chi connectivity index (χ1) is 10.6. The molecule has 0 aliphatic carbocycles. The highest BCUT2D eigenvalue weighted by atomic mass is 16.2. The van der Waals surface area contributed by atoms with Crippen molar-refractivity contribution >= 4 is 23.4 Å². The fraction of sp³-hybridized carbons (Fsp3) is 0.125. The Morgan fingerprint density at radius 2 is 1.95 bits per heavy atom. The number of carbonyl (C=O) groups is 3. The van der Waals surface area contributed by atoms with E-state index in [0.717, 1.165) is 10.5 Å². The minimum atomic E-state index is -0.445. The Morgan fingerprint density at radius 1 is 1.18 bits per heavy atom. The van der Waals surface area contributed by atoms with Gasteiger partial charge in [-0.25, -0.2) is 0 Å². The molecule has 1 N–H and O–H groups in total. The molecule has 0 saturated carbocycles.